The summed E-state index contributed by atoms with van der Waals surface area (Å²) in [5, 5.41) is 10.4. The summed E-state index contributed by atoms with van der Waals surface area (Å²) >= 11 is 3.44. The maximum Gasteiger partial charge on any atom is 0.407 e. The van der Waals surface area contributed by atoms with Crippen molar-refractivity contribution in [3.05, 3.63) is 167 Å². The van der Waals surface area contributed by atoms with Gasteiger partial charge in [0.15, 0.2) is 0 Å². The van der Waals surface area contributed by atoms with E-state index in [1.54, 1.807) is 0 Å². The van der Waals surface area contributed by atoms with E-state index in [0.29, 0.717) is 0 Å². The van der Waals surface area contributed by atoms with E-state index < -0.39 is 42.0 Å². The molecule has 280 valence electrons. The monoisotopic (exact) mass is 799 g/mol. The first-order chi connectivity index (χ1) is 26.7. The van der Waals surface area contributed by atoms with Gasteiger partial charge in [-0.05, 0) is 62.7 Å². The number of halogens is 1. The number of hydrogen-bond donors (Lipinski definition) is 3. The molecule has 0 aliphatic heterocycles. The molecule has 0 heterocycles. The summed E-state index contributed by atoms with van der Waals surface area (Å²) in [4.78, 5) is 54.5. The van der Waals surface area contributed by atoms with E-state index in [9.17, 15) is 19.2 Å². The highest BCUT2D eigenvalue weighted by molar-refractivity contribution is 9.10. The third-order valence-electron chi connectivity index (χ3n) is 9.54. The fourth-order valence-electron chi connectivity index (χ4n) is 6.83. The molecule has 3 atom stereocenters. The lowest BCUT2D eigenvalue weighted by Crippen LogP contribution is -2.56. The van der Waals surface area contributed by atoms with Gasteiger partial charge in [-0.2, -0.15) is 0 Å². The molecule has 55 heavy (non-hydrogen) atoms. The summed E-state index contributed by atoms with van der Waals surface area (Å²) in [6.45, 7) is 7.42. The van der Waals surface area contributed by atoms with Crippen molar-refractivity contribution in [2.45, 2.75) is 43.3 Å². The molecule has 1 aliphatic rings. The number of fused-ring (bicyclic) bond motifs is 4. The Morgan fingerprint density at radius 3 is 1.89 bits per heavy atom. The van der Waals surface area contributed by atoms with Gasteiger partial charge in [-0.15, -0.1) is 6.58 Å². The summed E-state index contributed by atoms with van der Waals surface area (Å²) in [6.07, 6.45) is 2.49. The first-order valence-corrected chi connectivity index (χ1v) is 18.9. The minimum absolute atomic E-state index is 0.0350. The van der Waals surface area contributed by atoms with Crippen LogP contribution in [0.1, 0.15) is 34.6 Å². The molecule has 6 rings (SSSR count). The Bertz CT molecular complexity index is 2160. The largest absolute Gasteiger partial charge is 0.460 e. The van der Waals surface area contributed by atoms with Gasteiger partial charge in [0.1, 0.15) is 31.3 Å². The van der Waals surface area contributed by atoms with Crippen LogP contribution in [0.2, 0.25) is 0 Å². The zero-order chi connectivity index (χ0) is 38.7. The molecule has 3 N–H and O–H groups in total. The molecule has 1 aliphatic carbocycles. The molecule has 5 aromatic carbocycles. The summed E-state index contributed by atoms with van der Waals surface area (Å²) in [6, 6.07) is 33.7. The van der Waals surface area contributed by atoms with Crippen LogP contribution < -0.4 is 16.0 Å². The van der Waals surface area contributed by atoms with Crippen molar-refractivity contribution < 1.29 is 28.7 Å². The number of hydrogen-bond acceptors (Lipinski definition) is 6. The highest BCUT2D eigenvalue weighted by atomic mass is 79.9. The van der Waals surface area contributed by atoms with Gasteiger partial charge in [0.2, 0.25) is 11.8 Å². The van der Waals surface area contributed by atoms with Gasteiger partial charge in [-0.25, -0.2) is 9.59 Å². The average Bonchev–Trinajstić information content (AvgIpc) is 3.52. The van der Waals surface area contributed by atoms with Crippen molar-refractivity contribution in [3.63, 3.8) is 0 Å². The van der Waals surface area contributed by atoms with Gasteiger partial charge in [0, 0.05) is 23.2 Å². The molecule has 0 saturated heterocycles. The van der Waals surface area contributed by atoms with Crippen LogP contribution in [0.5, 0.6) is 0 Å². The Morgan fingerprint density at radius 1 is 0.636 bits per heavy atom. The van der Waals surface area contributed by atoms with Crippen LogP contribution in [0.15, 0.2) is 145 Å². The number of carbonyl (C=O) groups is 4. The smallest absolute Gasteiger partial charge is 0.407 e. The molecule has 0 saturated carbocycles. The normalized spacial score (nSPS) is 13.3. The standard InChI is InChI=1S/C45H42BrN3O6/c1-3-11-39(49-45(53)55-28-38-36-16-9-7-14-34(36)35-15-8-10-17-37(35)38)42(50)47-40(26-29-19-22-33(46)23-20-29)43(51)48-41(44(52)54-24-4-2)27-30-18-21-31-12-5-6-13-32(31)25-30/h3-10,12-23,25,38-41H,1-2,11,24,26-28H2,(H,47,50)(H,48,51)(H,49,53). The van der Waals surface area contributed by atoms with Crippen LogP contribution in [0, 0.1) is 0 Å². The van der Waals surface area contributed by atoms with Gasteiger partial charge in [-0.1, -0.05) is 138 Å². The summed E-state index contributed by atoms with van der Waals surface area (Å²) in [7, 11) is 0. The highest BCUT2D eigenvalue weighted by Gasteiger charge is 2.32. The van der Waals surface area contributed by atoms with Gasteiger partial charge in [-0.3, -0.25) is 9.59 Å². The maximum atomic E-state index is 14.1. The summed E-state index contributed by atoms with van der Waals surface area (Å²) in [5.74, 6) is -2.02. The van der Waals surface area contributed by atoms with Crippen LogP contribution in [0.4, 0.5) is 4.79 Å². The van der Waals surface area contributed by atoms with E-state index in [1.807, 2.05) is 103 Å². The van der Waals surface area contributed by atoms with Crippen molar-refractivity contribution in [1.29, 1.82) is 0 Å². The Kier molecular flexibility index (Phi) is 12.9. The van der Waals surface area contributed by atoms with Crippen LogP contribution >= 0.6 is 15.9 Å². The second-order valence-electron chi connectivity index (χ2n) is 13.3. The van der Waals surface area contributed by atoms with E-state index in [-0.39, 0.29) is 38.4 Å². The first-order valence-electron chi connectivity index (χ1n) is 18.1. The van der Waals surface area contributed by atoms with Crippen molar-refractivity contribution in [2.75, 3.05) is 13.2 Å². The van der Waals surface area contributed by atoms with Crippen LogP contribution in [-0.4, -0.2) is 55.2 Å². The second kappa shape index (κ2) is 18.4. The Balaban J connectivity index is 1.17. The topological polar surface area (TPSA) is 123 Å². The minimum Gasteiger partial charge on any atom is -0.460 e. The van der Waals surface area contributed by atoms with Gasteiger partial charge in [0.25, 0.3) is 0 Å². The molecule has 0 fully saturated rings. The molecule has 10 heteroatoms. The number of carbonyl (C=O) groups excluding carboxylic acids is 4. The molecule has 0 radical (unpaired) electrons. The van der Waals surface area contributed by atoms with Crippen molar-refractivity contribution in [1.82, 2.24) is 16.0 Å². The lowest BCUT2D eigenvalue weighted by molar-refractivity contribution is -0.147. The van der Waals surface area contributed by atoms with E-state index in [4.69, 9.17) is 9.47 Å². The predicted molar refractivity (Wildman–Crippen MR) is 217 cm³/mol. The molecule has 9 nitrogen and oxygen atoms in total. The highest BCUT2D eigenvalue weighted by Crippen LogP contribution is 2.44. The number of alkyl carbamates (subject to hydrolysis) is 1. The fourth-order valence-corrected chi connectivity index (χ4v) is 7.09. The molecule has 0 spiro atoms. The molecule has 0 bridgehead atoms. The number of rotatable bonds is 16. The van der Waals surface area contributed by atoms with Crippen molar-refractivity contribution in [3.8, 4) is 11.1 Å². The van der Waals surface area contributed by atoms with Gasteiger partial charge in [0.05, 0.1) is 0 Å². The Labute approximate surface area is 328 Å². The summed E-state index contributed by atoms with van der Waals surface area (Å²) in [5.41, 5.74) is 5.89. The number of benzene rings is 5. The van der Waals surface area contributed by atoms with Gasteiger partial charge >= 0.3 is 12.1 Å². The Hall–Kier alpha value is -6.00. The Morgan fingerprint density at radius 2 is 1.22 bits per heavy atom. The van der Waals surface area contributed by atoms with Crippen LogP contribution in [0.3, 0.4) is 0 Å². The zero-order valence-corrected chi connectivity index (χ0v) is 31.8. The molecule has 3 unspecified atom stereocenters. The average molecular weight is 801 g/mol. The van der Waals surface area contributed by atoms with Crippen molar-refractivity contribution >= 4 is 50.6 Å². The predicted octanol–water partition coefficient (Wildman–Crippen LogP) is 7.57. The van der Waals surface area contributed by atoms with Crippen LogP contribution in [-0.2, 0) is 36.7 Å². The zero-order valence-electron chi connectivity index (χ0n) is 30.2. The fraction of sp³-hybridized carbons (Fsp3) is 0.200. The maximum absolute atomic E-state index is 14.1. The lowest BCUT2D eigenvalue weighted by atomic mass is 9.98. The number of amides is 3. The number of ether oxygens (including phenoxy) is 2. The van der Waals surface area contributed by atoms with Crippen LogP contribution in [0.25, 0.3) is 21.9 Å². The van der Waals surface area contributed by atoms with E-state index >= 15 is 0 Å². The van der Waals surface area contributed by atoms with E-state index in [0.717, 1.165) is 48.6 Å². The number of esters is 1. The third kappa shape index (κ3) is 9.76. The third-order valence-corrected chi connectivity index (χ3v) is 10.1. The quantitative estimate of drug-likeness (QED) is 0.0700. The first kappa shape index (κ1) is 38.7. The molecular weight excluding hydrogens is 758 g/mol. The molecule has 0 aromatic heterocycles. The molecule has 3 amide bonds. The SMILES string of the molecule is C=CCOC(=O)C(Cc1ccc2ccccc2c1)NC(=O)C(Cc1ccc(Br)cc1)NC(=O)C(CC=C)NC(=O)OCC1c2ccccc2-c2ccccc21. The number of nitrogens with one attached hydrogen (secondary N) is 3. The van der Waals surface area contributed by atoms with Crippen molar-refractivity contribution in [2.24, 2.45) is 0 Å². The minimum atomic E-state index is -1.13. The van der Waals surface area contributed by atoms with E-state index in [1.165, 1.54) is 12.2 Å². The second-order valence-corrected chi connectivity index (χ2v) is 14.2. The molecular formula is C45H42BrN3O6. The summed E-state index contributed by atoms with van der Waals surface area (Å²) < 4.78 is 11.9. The van der Waals surface area contributed by atoms with E-state index in [2.05, 4.69) is 57.2 Å². The molecule has 5 aromatic rings. The lowest BCUT2D eigenvalue weighted by Gasteiger charge is -2.25. The van der Waals surface area contributed by atoms with Gasteiger partial charge < -0.3 is 25.4 Å².